The van der Waals surface area contributed by atoms with E-state index in [1.54, 1.807) is 6.07 Å². The molecular formula is C8H9ClFN. The zero-order valence-corrected chi connectivity index (χ0v) is 7.19. The van der Waals surface area contributed by atoms with Crippen LogP contribution in [0.5, 0.6) is 0 Å². The number of pyridine rings is 1. The van der Waals surface area contributed by atoms with Gasteiger partial charge in [0, 0.05) is 0 Å². The molecule has 0 unspecified atom stereocenters. The Labute approximate surface area is 70.2 Å². The molecule has 0 aliphatic carbocycles. The van der Waals surface area contributed by atoms with Crippen molar-refractivity contribution in [2.24, 2.45) is 0 Å². The molecule has 0 fully saturated rings. The third-order valence-electron chi connectivity index (χ3n) is 1.47. The molecular weight excluding hydrogens is 165 g/mol. The van der Waals surface area contributed by atoms with E-state index in [1.807, 2.05) is 13.8 Å². The van der Waals surface area contributed by atoms with Crippen molar-refractivity contribution in [3.63, 3.8) is 0 Å². The quantitative estimate of drug-likeness (QED) is 0.595. The Kier molecular flexibility index (Phi) is 2.45. The van der Waals surface area contributed by atoms with Gasteiger partial charge in [-0.3, -0.25) is 0 Å². The van der Waals surface area contributed by atoms with E-state index < -0.39 is 5.95 Å². The Bertz CT molecular complexity index is 260. The van der Waals surface area contributed by atoms with Crippen molar-refractivity contribution in [2.75, 3.05) is 0 Å². The Hall–Kier alpha value is -0.630. The number of hydrogen-bond donors (Lipinski definition) is 0. The van der Waals surface area contributed by atoms with Crippen LogP contribution in [-0.4, -0.2) is 4.98 Å². The van der Waals surface area contributed by atoms with E-state index in [0.717, 1.165) is 5.56 Å². The third kappa shape index (κ3) is 1.90. The van der Waals surface area contributed by atoms with Crippen molar-refractivity contribution in [3.8, 4) is 0 Å². The summed E-state index contributed by atoms with van der Waals surface area (Å²) in [4.78, 5) is 3.49. The molecule has 0 saturated heterocycles. The van der Waals surface area contributed by atoms with Crippen LogP contribution in [0, 0.1) is 5.95 Å². The Morgan fingerprint density at radius 3 is 2.55 bits per heavy atom. The first-order valence-corrected chi connectivity index (χ1v) is 3.81. The van der Waals surface area contributed by atoms with E-state index in [-0.39, 0.29) is 11.1 Å². The molecule has 0 amide bonds. The molecule has 1 aromatic rings. The Morgan fingerprint density at radius 2 is 2.09 bits per heavy atom. The zero-order valence-electron chi connectivity index (χ0n) is 6.44. The molecule has 0 saturated carbocycles. The van der Waals surface area contributed by atoms with Crippen molar-refractivity contribution < 1.29 is 4.39 Å². The fourth-order valence-corrected chi connectivity index (χ4v) is 1.22. The smallest absolute Gasteiger partial charge is 0.208 e. The molecule has 11 heavy (non-hydrogen) atoms. The van der Waals surface area contributed by atoms with Gasteiger partial charge in [0.05, 0.1) is 0 Å². The van der Waals surface area contributed by atoms with Gasteiger partial charge in [-0.15, -0.1) is 0 Å². The number of hydrogen-bond acceptors (Lipinski definition) is 1. The fraction of sp³-hybridized carbons (Fsp3) is 0.375. The van der Waals surface area contributed by atoms with Gasteiger partial charge in [0.2, 0.25) is 5.95 Å². The standard InChI is InChI=1S/C8H9ClFN/c1-5(2)6-3-4-7(10)11-8(6)9/h3-5H,1-2H3. The van der Waals surface area contributed by atoms with Crippen LogP contribution in [0.15, 0.2) is 12.1 Å². The zero-order chi connectivity index (χ0) is 8.43. The van der Waals surface area contributed by atoms with E-state index in [2.05, 4.69) is 4.98 Å². The predicted octanol–water partition coefficient (Wildman–Crippen LogP) is 3.00. The number of aromatic nitrogens is 1. The van der Waals surface area contributed by atoms with Gasteiger partial charge in [0.25, 0.3) is 0 Å². The third-order valence-corrected chi connectivity index (χ3v) is 1.77. The maximum atomic E-state index is 12.4. The lowest BCUT2D eigenvalue weighted by Gasteiger charge is -2.05. The lowest BCUT2D eigenvalue weighted by atomic mass is 10.1. The van der Waals surface area contributed by atoms with Gasteiger partial charge in [0.1, 0.15) is 5.15 Å². The monoisotopic (exact) mass is 173 g/mol. The van der Waals surface area contributed by atoms with E-state index in [9.17, 15) is 4.39 Å². The van der Waals surface area contributed by atoms with Gasteiger partial charge >= 0.3 is 0 Å². The van der Waals surface area contributed by atoms with Crippen LogP contribution in [0.2, 0.25) is 5.15 Å². The first-order valence-electron chi connectivity index (χ1n) is 3.43. The van der Waals surface area contributed by atoms with Crippen LogP contribution in [0.4, 0.5) is 4.39 Å². The summed E-state index contributed by atoms with van der Waals surface area (Å²) in [6.45, 7) is 3.97. The average Bonchev–Trinajstić information content (AvgIpc) is 1.85. The summed E-state index contributed by atoms with van der Waals surface area (Å²) in [5, 5.41) is 0.264. The van der Waals surface area contributed by atoms with Crippen LogP contribution in [0.1, 0.15) is 25.3 Å². The molecule has 0 aliphatic heterocycles. The molecule has 60 valence electrons. The highest BCUT2D eigenvalue weighted by Gasteiger charge is 2.06. The molecule has 0 spiro atoms. The predicted molar refractivity (Wildman–Crippen MR) is 43.3 cm³/mol. The van der Waals surface area contributed by atoms with Crippen molar-refractivity contribution in [1.82, 2.24) is 4.98 Å². The van der Waals surface area contributed by atoms with Gasteiger partial charge in [0.15, 0.2) is 0 Å². The summed E-state index contributed by atoms with van der Waals surface area (Å²) < 4.78 is 12.4. The van der Waals surface area contributed by atoms with Crippen LogP contribution in [0.25, 0.3) is 0 Å². The molecule has 3 heteroatoms. The van der Waals surface area contributed by atoms with Crippen molar-refractivity contribution in [1.29, 1.82) is 0 Å². The molecule has 0 radical (unpaired) electrons. The molecule has 1 aromatic heterocycles. The van der Waals surface area contributed by atoms with E-state index >= 15 is 0 Å². The van der Waals surface area contributed by atoms with Crippen LogP contribution < -0.4 is 0 Å². The second-order valence-electron chi connectivity index (χ2n) is 2.67. The second kappa shape index (κ2) is 3.18. The van der Waals surface area contributed by atoms with Crippen molar-refractivity contribution >= 4 is 11.6 Å². The maximum Gasteiger partial charge on any atom is 0.214 e. The molecule has 0 bridgehead atoms. The molecule has 1 heterocycles. The summed E-state index contributed by atoms with van der Waals surface area (Å²) in [7, 11) is 0. The van der Waals surface area contributed by atoms with Crippen LogP contribution >= 0.6 is 11.6 Å². The summed E-state index contributed by atoms with van der Waals surface area (Å²) in [5.41, 5.74) is 0.882. The normalized spacial score (nSPS) is 10.6. The maximum absolute atomic E-state index is 12.4. The van der Waals surface area contributed by atoms with Crippen LogP contribution in [0.3, 0.4) is 0 Å². The van der Waals surface area contributed by atoms with Gasteiger partial charge < -0.3 is 0 Å². The molecule has 1 rings (SSSR count). The highest BCUT2D eigenvalue weighted by atomic mass is 35.5. The topological polar surface area (TPSA) is 12.9 Å². The Morgan fingerprint density at radius 1 is 1.45 bits per heavy atom. The summed E-state index contributed by atoms with van der Waals surface area (Å²) in [5.74, 6) is -0.241. The largest absolute Gasteiger partial charge is 0.214 e. The Balaban J connectivity index is 3.09. The summed E-state index contributed by atoms with van der Waals surface area (Å²) >= 11 is 5.67. The average molecular weight is 174 g/mol. The summed E-state index contributed by atoms with van der Waals surface area (Å²) in [6, 6.07) is 2.98. The van der Waals surface area contributed by atoms with Crippen molar-refractivity contribution in [3.05, 3.63) is 28.8 Å². The summed E-state index contributed by atoms with van der Waals surface area (Å²) in [6.07, 6.45) is 0. The molecule has 0 N–H and O–H groups in total. The number of rotatable bonds is 1. The van der Waals surface area contributed by atoms with E-state index in [1.165, 1.54) is 6.07 Å². The minimum atomic E-state index is -0.528. The molecule has 0 aromatic carbocycles. The lowest BCUT2D eigenvalue weighted by molar-refractivity contribution is 0.581. The lowest BCUT2D eigenvalue weighted by Crippen LogP contribution is -1.92. The molecule has 0 atom stereocenters. The highest BCUT2D eigenvalue weighted by Crippen LogP contribution is 2.21. The van der Waals surface area contributed by atoms with Gasteiger partial charge in [-0.1, -0.05) is 31.5 Å². The SMILES string of the molecule is CC(C)c1ccc(F)nc1Cl. The first kappa shape index (κ1) is 8.47. The fourth-order valence-electron chi connectivity index (χ4n) is 0.854. The van der Waals surface area contributed by atoms with Gasteiger partial charge in [-0.2, -0.15) is 4.39 Å². The first-order chi connectivity index (χ1) is 5.11. The number of nitrogens with zero attached hydrogens (tertiary/aromatic N) is 1. The van der Waals surface area contributed by atoms with E-state index in [0.29, 0.717) is 0 Å². The molecule has 0 aliphatic rings. The number of halogens is 2. The molecule has 1 nitrogen and oxygen atoms in total. The second-order valence-corrected chi connectivity index (χ2v) is 3.03. The van der Waals surface area contributed by atoms with Crippen molar-refractivity contribution in [2.45, 2.75) is 19.8 Å². The van der Waals surface area contributed by atoms with Crippen LogP contribution in [-0.2, 0) is 0 Å². The van der Waals surface area contributed by atoms with E-state index in [4.69, 9.17) is 11.6 Å². The van der Waals surface area contributed by atoms with Gasteiger partial charge in [-0.25, -0.2) is 4.98 Å². The highest BCUT2D eigenvalue weighted by molar-refractivity contribution is 6.30. The van der Waals surface area contributed by atoms with Gasteiger partial charge in [-0.05, 0) is 17.5 Å². The minimum absolute atomic E-state index is 0.264. The minimum Gasteiger partial charge on any atom is -0.208 e.